The van der Waals surface area contributed by atoms with Crippen LogP contribution in [-0.4, -0.2) is 19.1 Å². The van der Waals surface area contributed by atoms with Gasteiger partial charge in [0.25, 0.3) is 5.91 Å². The van der Waals surface area contributed by atoms with E-state index in [4.69, 9.17) is 4.74 Å². The van der Waals surface area contributed by atoms with Crippen LogP contribution >= 0.6 is 0 Å². The van der Waals surface area contributed by atoms with Crippen molar-refractivity contribution >= 4 is 17.7 Å². The molecule has 2 N–H and O–H groups in total. The summed E-state index contributed by atoms with van der Waals surface area (Å²) in [6.45, 7) is 8.93. The van der Waals surface area contributed by atoms with Crippen LogP contribution < -0.4 is 15.4 Å². The highest BCUT2D eigenvalue weighted by molar-refractivity contribution is 6.07. The maximum absolute atomic E-state index is 13.1. The number of benzene rings is 3. The zero-order chi connectivity index (χ0) is 24.6. The van der Waals surface area contributed by atoms with Gasteiger partial charge in [0.15, 0.2) is 0 Å². The lowest BCUT2D eigenvalue weighted by atomic mass is 10.00. The number of nitrogens with one attached hydrogen (secondary N) is 2. The summed E-state index contributed by atoms with van der Waals surface area (Å²) in [6, 6.07) is 22.7. The SMILES string of the molecule is CCC(CC)CNCc1ccc(NC(=O)C2=Cc3cc(-c4ccc(C)cc4)ccc3OCC2)cc1. The lowest BCUT2D eigenvalue weighted by Crippen LogP contribution is -2.21. The van der Waals surface area contributed by atoms with Gasteiger partial charge >= 0.3 is 0 Å². The predicted octanol–water partition coefficient (Wildman–Crippen LogP) is 6.99. The van der Waals surface area contributed by atoms with Crippen molar-refractivity contribution in [3.05, 3.63) is 89.0 Å². The summed E-state index contributed by atoms with van der Waals surface area (Å²) in [4.78, 5) is 13.1. The molecule has 0 fully saturated rings. The normalized spacial score (nSPS) is 13.0. The van der Waals surface area contributed by atoms with Gasteiger partial charge in [0.2, 0.25) is 0 Å². The van der Waals surface area contributed by atoms with Gasteiger partial charge in [-0.15, -0.1) is 0 Å². The van der Waals surface area contributed by atoms with Gasteiger partial charge in [-0.2, -0.15) is 0 Å². The Labute approximate surface area is 209 Å². The van der Waals surface area contributed by atoms with E-state index in [-0.39, 0.29) is 5.91 Å². The van der Waals surface area contributed by atoms with Gasteiger partial charge in [0.05, 0.1) is 6.61 Å². The second-order valence-corrected chi connectivity index (χ2v) is 9.35. The Kier molecular flexibility index (Phi) is 8.38. The van der Waals surface area contributed by atoms with Crippen LogP contribution in [0.3, 0.4) is 0 Å². The van der Waals surface area contributed by atoms with Gasteiger partial charge in [0.1, 0.15) is 5.75 Å². The number of carbonyl (C=O) groups excluding carboxylic acids is 1. The molecule has 0 spiro atoms. The van der Waals surface area contributed by atoms with Crippen LogP contribution in [0.25, 0.3) is 17.2 Å². The molecular formula is C31H36N2O2. The fourth-order valence-electron chi connectivity index (χ4n) is 4.34. The van der Waals surface area contributed by atoms with Crippen molar-refractivity contribution in [3.63, 3.8) is 0 Å². The summed E-state index contributed by atoms with van der Waals surface area (Å²) < 4.78 is 5.94. The zero-order valence-corrected chi connectivity index (χ0v) is 21.1. The van der Waals surface area contributed by atoms with E-state index >= 15 is 0 Å². The summed E-state index contributed by atoms with van der Waals surface area (Å²) in [5, 5.41) is 6.60. The fraction of sp³-hybridized carbons (Fsp3) is 0.323. The molecule has 4 rings (SSSR count). The molecule has 4 heteroatoms. The highest BCUT2D eigenvalue weighted by Gasteiger charge is 2.16. The van der Waals surface area contributed by atoms with Crippen molar-refractivity contribution in [1.29, 1.82) is 0 Å². The Morgan fingerprint density at radius 1 is 0.943 bits per heavy atom. The monoisotopic (exact) mass is 468 g/mol. The highest BCUT2D eigenvalue weighted by atomic mass is 16.5. The number of rotatable bonds is 9. The number of hydrogen-bond donors (Lipinski definition) is 2. The Morgan fingerprint density at radius 3 is 2.37 bits per heavy atom. The number of aryl methyl sites for hydroxylation is 1. The molecule has 1 aliphatic heterocycles. The minimum absolute atomic E-state index is 0.0817. The van der Waals surface area contributed by atoms with E-state index in [1.165, 1.54) is 24.0 Å². The van der Waals surface area contributed by atoms with Gasteiger partial charge in [-0.25, -0.2) is 0 Å². The van der Waals surface area contributed by atoms with Gasteiger partial charge in [-0.1, -0.05) is 74.7 Å². The van der Waals surface area contributed by atoms with Gasteiger partial charge in [0, 0.05) is 29.8 Å². The first-order valence-corrected chi connectivity index (χ1v) is 12.7. The van der Waals surface area contributed by atoms with Gasteiger partial charge in [-0.05, 0) is 66.4 Å². The zero-order valence-electron chi connectivity index (χ0n) is 21.1. The van der Waals surface area contributed by atoms with E-state index in [1.807, 2.05) is 24.3 Å². The standard InChI is InChI=1S/C31H36N2O2/c1-4-23(5-2)20-32-21-24-8-13-29(14-9-24)33-31(34)27-16-17-35-30-15-12-26(18-28(30)19-27)25-10-6-22(3)7-11-25/h6-15,18-19,23,32H,4-5,16-17,20-21H2,1-3H3,(H,33,34). The smallest absolute Gasteiger partial charge is 0.251 e. The van der Waals surface area contributed by atoms with E-state index in [0.29, 0.717) is 13.0 Å². The van der Waals surface area contributed by atoms with Crippen LogP contribution in [0.1, 0.15) is 49.8 Å². The molecule has 182 valence electrons. The molecule has 0 atom stereocenters. The largest absolute Gasteiger partial charge is 0.493 e. The van der Waals surface area contributed by atoms with Gasteiger partial charge in [-0.3, -0.25) is 4.79 Å². The number of fused-ring (bicyclic) bond motifs is 1. The molecular weight excluding hydrogens is 432 g/mol. The molecule has 1 aliphatic rings. The van der Waals surface area contributed by atoms with E-state index < -0.39 is 0 Å². The molecule has 0 saturated heterocycles. The molecule has 35 heavy (non-hydrogen) atoms. The van der Waals surface area contributed by atoms with Crippen LogP contribution in [0.2, 0.25) is 0 Å². The first-order chi connectivity index (χ1) is 17.1. The average Bonchev–Trinajstić information content (AvgIpc) is 3.10. The van der Waals surface area contributed by atoms with E-state index in [9.17, 15) is 4.79 Å². The molecule has 0 aromatic heterocycles. The van der Waals surface area contributed by atoms with Crippen molar-refractivity contribution in [2.75, 3.05) is 18.5 Å². The number of ether oxygens (including phenoxy) is 1. The molecule has 0 unspecified atom stereocenters. The maximum atomic E-state index is 13.1. The van der Waals surface area contributed by atoms with Crippen molar-refractivity contribution in [2.24, 2.45) is 5.92 Å². The number of hydrogen-bond acceptors (Lipinski definition) is 3. The quantitative estimate of drug-likeness (QED) is 0.356. The van der Waals surface area contributed by atoms with Crippen LogP contribution in [-0.2, 0) is 11.3 Å². The third kappa shape index (κ3) is 6.61. The van der Waals surface area contributed by atoms with Crippen LogP contribution in [0, 0.1) is 12.8 Å². The predicted molar refractivity (Wildman–Crippen MR) is 146 cm³/mol. The molecule has 3 aromatic carbocycles. The minimum atomic E-state index is -0.0817. The first kappa shape index (κ1) is 24.7. The topological polar surface area (TPSA) is 50.4 Å². The molecule has 0 radical (unpaired) electrons. The van der Waals surface area contributed by atoms with Crippen molar-refractivity contribution in [2.45, 2.75) is 46.6 Å². The molecule has 0 aliphatic carbocycles. The number of carbonyl (C=O) groups is 1. The van der Waals surface area contributed by atoms with E-state index in [2.05, 4.69) is 79.9 Å². The molecule has 3 aromatic rings. The average molecular weight is 469 g/mol. The summed E-state index contributed by atoms with van der Waals surface area (Å²) in [5.74, 6) is 1.46. The maximum Gasteiger partial charge on any atom is 0.251 e. The van der Waals surface area contributed by atoms with Crippen LogP contribution in [0.5, 0.6) is 5.75 Å². The number of amides is 1. The summed E-state index contributed by atoms with van der Waals surface area (Å²) in [7, 11) is 0. The second-order valence-electron chi connectivity index (χ2n) is 9.35. The van der Waals surface area contributed by atoms with Crippen molar-refractivity contribution in [1.82, 2.24) is 5.32 Å². The summed E-state index contributed by atoms with van der Waals surface area (Å²) in [6.07, 6.45) is 4.93. The summed E-state index contributed by atoms with van der Waals surface area (Å²) >= 11 is 0. The second kappa shape index (κ2) is 11.9. The molecule has 0 saturated carbocycles. The third-order valence-electron chi connectivity index (χ3n) is 6.77. The lowest BCUT2D eigenvalue weighted by Gasteiger charge is -2.13. The third-order valence-corrected chi connectivity index (χ3v) is 6.77. The van der Waals surface area contributed by atoms with Crippen LogP contribution in [0.15, 0.2) is 72.3 Å². The van der Waals surface area contributed by atoms with E-state index in [0.717, 1.165) is 52.7 Å². The summed E-state index contributed by atoms with van der Waals surface area (Å²) in [5.41, 5.74) is 7.17. The molecule has 0 bridgehead atoms. The fourth-order valence-corrected chi connectivity index (χ4v) is 4.34. The Morgan fingerprint density at radius 2 is 1.66 bits per heavy atom. The Balaban J connectivity index is 1.42. The molecule has 4 nitrogen and oxygen atoms in total. The minimum Gasteiger partial charge on any atom is -0.493 e. The number of anilines is 1. The van der Waals surface area contributed by atoms with Crippen molar-refractivity contribution < 1.29 is 9.53 Å². The lowest BCUT2D eigenvalue weighted by molar-refractivity contribution is -0.113. The van der Waals surface area contributed by atoms with E-state index in [1.54, 1.807) is 0 Å². The van der Waals surface area contributed by atoms with Crippen LogP contribution in [0.4, 0.5) is 5.69 Å². The van der Waals surface area contributed by atoms with Gasteiger partial charge < -0.3 is 15.4 Å². The highest BCUT2D eigenvalue weighted by Crippen LogP contribution is 2.31. The Hall–Kier alpha value is -3.37. The first-order valence-electron chi connectivity index (χ1n) is 12.7. The molecule has 1 amide bonds. The van der Waals surface area contributed by atoms with Crippen molar-refractivity contribution in [3.8, 4) is 16.9 Å². The Bertz CT molecular complexity index is 1160. The molecule has 1 heterocycles.